The second kappa shape index (κ2) is 6.24. The van der Waals surface area contributed by atoms with E-state index in [2.05, 4.69) is 0 Å². The van der Waals surface area contributed by atoms with Crippen molar-refractivity contribution in [3.8, 4) is 0 Å². The van der Waals surface area contributed by atoms with Crippen molar-refractivity contribution in [2.75, 3.05) is 13.2 Å². The molecule has 0 radical (unpaired) electrons. The molecule has 3 aliphatic rings. The average molecular weight is 324 g/mol. The summed E-state index contributed by atoms with van der Waals surface area (Å²) >= 11 is 0. The van der Waals surface area contributed by atoms with Crippen LogP contribution in [0.15, 0.2) is 0 Å². The molecule has 128 valence electrons. The van der Waals surface area contributed by atoms with Crippen molar-refractivity contribution in [3.05, 3.63) is 0 Å². The van der Waals surface area contributed by atoms with E-state index < -0.39 is 68.0 Å². The largest absolute Gasteiger partial charge is 0.394 e. The summed E-state index contributed by atoms with van der Waals surface area (Å²) in [5, 5.41) is 57.8. The number of fused-ring (bicyclic) bond motifs is 2. The van der Waals surface area contributed by atoms with Crippen molar-refractivity contribution in [1.82, 2.24) is 0 Å². The minimum absolute atomic E-state index is 0.0842. The normalized spacial score (nSPS) is 55.4. The number of aliphatic hydroxyl groups excluding tert-OH is 6. The zero-order valence-electron chi connectivity index (χ0n) is 11.5. The molecular formula is C12H20O10. The topological polar surface area (TPSA) is 158 Å². The Kier molecular flexibility index (Phi) is 4.67. The number of ether oxygens (including phenoxy) is 4. The van der Waals surface area contributed by atoms with E-state index in [-0.39, 0.29) is 6.61 Å². The molecule has 3 aliphatic heterocycles. The number of rotatable bonds is 3. The van der Waals surface area contributed by atoms with Crippen molar-refractivity contribution in [2.24, 2.45) is 0 Å². The van der Waals surface area contributed by atoms with Crippen LogP contribution in [0.5, 0.6) is 0 Å². The number of hydrogen-bond acceptors (Lipinski definition) is 10. The first-order chi connectivity index (χ1) is 10.4. The lowest BCUT2D eigenvalue weighted by Gasteiger charge is -2.43. The molecule has 0 saturated carbocycles. The van der Waals surface area contributed by atoms with Crippen LogP contribution in [0.2, 0.25) is 0 Å². The summed E-state index contributed by atoms with van der Waals surface area (Å²) in [6.07, 6.45) is -12.1. The van der Waals surface area contributed by atoms with Crippen LogP contribution in [-0.4, -0.2) is 105 Å². The standard InChI is InChI=1S/C12H20O10/c13-1-3-5(14)6(15)7(16)12(21-3)22-9-4-2-19-10(9)8(17)11(18)20-4/h3-18H,1-2H2/t3-,4+,5-,6+,7-,8+,9+,10+,11+,12-/m0/s1. The van der Waals surface area contributed by atoms with Crippen LogP contribution in [0.1, 0.15) is 0 Å². The fraction of sp³-hybridized carbons (Fsp3) is 1.00. The molecule has 3 rings (SSSR count). The van der Waals surface area contributed by atoms with Gasteiger partial charge in [0.2, 0.25) is 0 Å². The summed E-state index contributed by atoms with van der Waals surface area (Å²) in [6.45, 7) is -0.489. The van der Waals surface area contributed by atoms with Gasteiger partial charge >= 0.3 is 0 Å². The molecule has 6 N–H and O–H groups in total. The second-order valence-electron chi connectivity index (χ2n) is 5.65. The second-order valence-corrected chi connectivity index (χ2v) is 5.65. The molecule has 0 aliphatic carbocycles. The van der Waals surface area contributed by atoms with E-state index >= 15 is 0 Å². The summed E-state index contributed by atoms with van der Waals surface area (Å²) in [5.41, 5.74) is 0. The Morgan fingerprint density at radius 2 is 1.64 bits per heavy atom. The first kappa shape index (κ1) is 16.5. The first-order valence-corrected chi connectivity index (χ1v) is 7.03. The Labute approximate surface area is 125 Å². The lowest BCUT2D eigenvalue weighted by atomic mass is 9.98. The van der Waals surface area contributed by atoms with Crippen LogP contribution < -0.4 is 0 Å². The van der Waals surface area contributed by atoms with Gasteiger partial charge in [0.25, 0.3) is 0 Å². The van der Waals surface area contributed by atoms with Crippen molar-refractivity contribution in [3.63, 3.8) is 0 Å². The predicted octanol–water partition coefficient (Wildman–Crippen LogP) is -4.35. The molecule has 10 heteroatoms. The highest BCUT2D eigenvalue weighted by atomic mass is 16.7. The maximum absolute atomic E-state index is 9.93. The molecule has 3 saturated heterocycles. The molecule has 22 heavy (non-hydrogen) atoms. The van der Waals surface area contributed by atoms with Gasteiger partial charge in [0, 0.05) is 0 Å². The Morgan fingerprint density at radius 1 is 0.909 bits per heavy atom. The van der Waals surface area contributed by atoms with Crippen LogP contribution >= 0.6 is 0 Å². The van der Waals surface area contributed by atoms with Crippen molar-refractivity contribution >= 4 is 0 Å². The molecule has 0 aromatic rings. The number of hydrogen-bond donors (Lipinski definition) is 6. The Hall–Kier alpha value is -0.400. The summed E-state index contributed by atoms with van der Waals surface area (Å²) < 4.78 is 21.2. The third kappa shape index (κ3) is 2.65. The van der Waals surface area contributed by atoms with E-state index in [9.17, 15) is 25.5 Å². The van der Waals surface area contributed by atoms with Crippen LogP contribution in [0.4, 0.5) is 0 Å². The first-order valence-electron chi connectivity index (χ1n) is 7.03. The summed E-state index contributed by atoms with van der Waals surface area (Å²) in [7, 11) is 0. The monoisotopic (exact) mass is 324 g/mol. The lowest BCUT2D eigenvalue weighted by molar-refractivity contribution is -0.336. The highest BCUT2D eigenvalue weighted by Crippen LogP contribution is 2.33. The predicted molar refractivity (Wildman–Crippen MR) is 65.3 cm³/mol. The molecule has 0 spiro atoms. The molecule has 0 amide bonds. The van der Waals surface area contributed by atoms with Gasteiger partial charge in [0.05, 0.1) is 13.2 Å². The number of aliphatic hydroxyl groups is 6. The van der Waals surface area contributed by atoms with Crippen molar-refractivity contribution < 1.29 is 49.6 Å². The third-order valence-corrected chi connectivity index (χ3v) is 4.23. The molecule has 3 heterocycles. The van der Waals surface area contributed by atoms with Gasteiger partial charge in [0.1, 0.15) is 48.8 Å². The smallest absolute Gasteiger partial charge is 0.187 e. The third-order valence-electron chi connectivity index (χ3n) is 4.23. The maximum atomic E-state index is 9.93. The molecule has 3 fully saturated rings. The fourth-order valence-corrected chi connectivity index (χ4v) is 2.94. The van der Waals surface area contributed by atoms with E-state index in [4.69, 9.17) is 24.1 Å². The van der Waals surface area contributed by atoms with Gasteiger partial charge in [0.15, 0.2) is 12.6 Å². The summed E-state index contributed by atoms with van der Waals surface area (Å²) in [6, 6.07) is 0. The van der Waals surface area contributed by atoms with Gasteiger partial charge in [-0.05, 0) is 0 Å². The molecule has 0 aromatic heterocycles. The van der Waals surface area contributed by atoms with E-state index in [1.165, 1.54) is 0 Å². The highest BCUT2D eigenvalue weighted by Gasteiger charge is 2.54. The molecule has 0 aromatic carbocycles. The lowest BCUT2D eigenvalue weighted by Crippen LogP contribution is -2.62. The molecule has 2 bridgehead atoms. The van der Waals surface area contributed by atoms with E-state index in [0.29, 0.717) is 0 Å². The van der Waals surface area contributed by atoms with Gasteiger partial charge in [-0.2, -0.15) is 0 Å². The molecule has 10 nitrogen and oxygen atoms in total. The fourth-order valence-electron chi connectivity index (χ4n) is 2.94. The molecule has 0 unspecified atom stereocenters. The quantitative estimate of drug-likeness (QED) is 0.299. The van der Waals surface area contributed by atoms with Gasteiger partial charge in [-0.15, -0.1) is 0 Å². The van der Waals surface area contributed by atoms with Crippen molar-refractivity contribution in [2.45, 2.75) is 61.4 Å². The minimum Gasteiger partial charge on any atom is -0.394 e. The Bertz CT molecular complexity index is 392. The van der Waals surface area contributed by atoms with Crippen LogP contribution in [-0.2, 0) is 18.9 Å². The van der Waals surface area contributed by atoms with Gasteiger partial charge in [-0.1, -0.05) is 0 Å². The molecule has 10 atom stereocenters. The van der Waals surface area contributed by atoms with E-state index in [1.54, 1.807) is 0 Å². The van der Waals surface area contributed by atoms with Crippen molar-refractivity contribution in [1.29, 1.82) is 0 Å². The highest BCUT2D eigenvalue weighted by molar-refractivity contribution is 4.97. The summed E-state index contributed by atoms with van der Waals surface area (Å²) in [4.78, 5) is 0. The minimum atomic E-state index is -1.56. The van der Waals surface area contributed by atoms with Gasteiger partial charge in [-0.25, -0.2) is 0 Å². The van der Waals surface area contributed by atoms with E-state index in [1.807, 2.05) is 0 Å². The zero-order chi connectivity index (χ0) is 16.0. The van der Waals surface area contributed by atoms with Crippen LogP contribution in [0.3, 0.4) is 0 Å². The van der Waals surface area contributed by atoms with E-state index in [0.717, 1.165) is 0 Å². The SMILES string of the molecule is OC[C@@H]1O[C@@H](O[C@H]2[C@@H]3OC[C@H]2O[C@@H](O)[C@@H]3O)[C@@H](O)[C@H](O)[C@H]1O. The average Bonchev–Trinajstić information content (AvgIpc) is 2.82. The van der Waals surface area contributed by atoms with Gasteiger partial charge < -0.3 is 49.6 Å². The van der Waals surface area contributed by atoms with Crippen LogP contribution in [0.25, 0.3) is 0 Å². The van der Waals surface area contributed by atoms with Gasteiger partial charge in [-0.3, -0.25) is 0 Å². The Morgan fingerprint density at radius 3 is 2.32 bits per heavy atom. The zero-order valence-corrected chi connectivity index (χ0v) is 11.5. The van der Waals surface area contributed by atoms with Crippen LogP contribution in [0, 0.1) is 0 Å². The maximum Gasteiger partial charge on any atom is 0.187 e. The summed E-state index contributed by atoms with van der Waals surface area (Å²) in [5.74, 6) is 0. The molecular weight excluding hydrogens is 304 g/mol. The Balaban J connectivity index is 1.70.